The van der Waals surface area contributed by atoms with Crippen LogP contribution in [0.1, 0.15) is 12.5 Å². The number of phenolic OH excluding ortho intramolecular Hbond substituents is 2. The van der Waals surface area contributed by atoms with Gasteiger partial charge in [-0.1, -0.05) is 0 Å². The predicted molar refractivity (Wildman–Crippen MR) is 46.2 cm³/mol. The van der Waals surface area contributed by atoms with Crippen LogP contribution in [-0.2, 0) is 4.79 Å². The van der Waals surface area contributed by atoms with Crippen molar-refractivity contribution in [2.45, 2.75) is 13.8 Å². The zero-order chi connectivity index (χ0) is 9.56. The molecule has 0 radical (unpaired) electrons. The Morgan fingerprint density at radius 1 is 1.33 bits per heavy atom. The summed E-state index contributed by atoms with van der Waals surface area (Å²) in [6, 6.07) is 4.42. The maximum Gasteiger partial charge on any atom is 0.118 e. The molecule has 0 unspecified atom stereocenters. The quantitative estimate of drug-likeness (QED) is 0.457. The minimum Gasteiger partial charge on any atom is -0.508 e. The Labute approximate surface area is 71.3 Å². The number of carbonyl (C=O) groups is 1. The zero-order valence-corrected chi connectivity index (χ0v) is 7.11. The smallest absolute Gasteiger partial charge is 0.118 e. The van der Waals surface area contributed by atoms with E-state index in [1.165, 1.54) is 25.1 Å². The normalized spacial score (nSPS) is 8.17. The van der Waals surface area contributed by atoms with Gasteiger partial charge in [0.25, 0.3) is 0 Å². The molecule has 1 aromatic rings. The molecule has 0 aliphatic carbocycles. The van der Waals surface area contributed by atoms with Crippen LogP contribution in [0.2, 0.25) is 0 Å². The molecule has 1 aromatic carbocycles. The van der Waals surface area contributed by atoms with Crippen LogP contribution < -0.4 is 0 Å². The van der Waals surface area contributed by atoms with Crippen LogP contribution >= 0.6 is 0 Å². The second-order valence-electron chi connectivity index (χ2n) is 2.21. The molecule has 12 heavy (non-hydrogen) atoms. The molecule has 0 aliphatic heterocycles. The number of carbonyl (C=O) groups excluding carboxylic acids is 1. The molecule has 66 valence electrons. The molecule has 0 aromatic heterocycles. The summed E-state index contributed by atoms with van der Waals surface area (Å²) in [4.78, 5) is 8.81. The van der Waals surface area contributed by atoms with Crippen LogP contribution in [0.25, 0.3) is 0 Å². The highest BCUT2D eigenvalue weighted by Crippen LogP contribution is 2.19. The summed E-state index contributed by atoms with van der Waals surface area (Å²) in [5.74, 6) is 0.401. The molecule has 3 heteroatoms. The molecule has 0 aliphatic rings. The monoisotopic (exact) mass is 168 g/mol. The fraction of sp³-hybridized carbons (Fsp3) is 0.222. The van der Waals surface area contributed by atoms with Crippen LogP contribution in [0.4, 0.5) is 0 Å². The minimum atomic E-state index is 0.185. The standard InChI is InChI=1S/C7H8O2.C2H4O/c1-5-4-6(8)2-3-7(5)9;1-2-3/h2-4,8-9H,1H3;2H,1H3. The largest absolute Gasteiger partial charge is 0.508 e. The van der Waals surface area contributed by atoms with E-state index >= 15 is 0 Å². The van der Waals surface area contributed by atoms with Gasteiger partial charge < -0.3 is 15.0 Å². The van der Waals surface area contributed by atoms with Gasteiger partial charge >= 0.3 is 0 Å². The summed E-state index contributed by atoms with van der Waals surface area (Å²) in [5.41, 5.74) is 0.690. The van der Waals surface area contributed by atoms with Crippen molar-refractivity contribution < 1.29 is 15.0 Å². The molecule has 2 N–H and O–H groups in total. The van der Waals surface area contributed by atoms with Gasteiger partial charge in [0, 0.05) is 0 Å². The Balaban J connectivity index is 0.000000354. The summed E-state index contributed by atoms with van der Waals surface area (Å²) in [5, 5.41) is 17.8. The summed E-state index contributed by atoms with van der Waals surface area (Å²) in [6.07, 6.45) is 0.750. The molecule has 0 amide bonds. The van der Waals surface area contributed by atoms with Crippen molar-refractivity contribution in [1.82, 2.24) is 0 Å². The summed E-state index contributed by atoms with van der Waals surface area (Å²) in [7, 11) is 0. The van der Waals surface area contributed by atoms with Crippen LogP contribution in [0.3, 0.4) is 0 Å². The van der Waals surface area contributed by atoms with E-state index in [9.17, 15) is 0 Å². The third kappa shape index (κ3) is 3.61. The van der Waals surface area contributed by atoms with Gasteiger partial charge in [-0.25, -0.2) is 0 Å². The van der Waals surface area contributed by atoms with Crippen molar-refractivity contribution in [3.63, 3.8) is 0 Å². The molecule has 0 spiro atoms. The first-order valence-electron chi connectivity index (χ1n) is 3.50. The second-order valence-corrected chi connectivity index (χ2v) is 2.21. The first-order chi connectivity index (χ1) is 5.61. The number of aldehydes is 1. The van der Waals surface area contributed by atoms with E-state index in [2.05, 4.69) is 0 Å². The highest BCUT2D eigenvalue weighted by atomic mass is 16.3. The summed E-state index contributed by atoms with van der Waals surface area (Å²) in [6.45, 7) is 3.18. The number of aromatic hydroxyl groups is 2. The van der Waals surface area contributed by atoms with Crippen LogP contribution in [-0.4, -0.2) is 16.5 Å². The van der Waals surface area contributed by atoms with Gasteiger partial charge in [-0.3, -0.25) is 0 Å². The molecule has 0 heterocycles. The van der Waals surface area contributed by atoms with Crippen LogP contribution in [0.5, 0.6) is 11.5 Å². The van der Waals surface area contributed by atoms with Gasteiger partial charge in [-0.05, 0) is 37.6 Å². The highest BCUT2D eigenvalue weighted by Gasteiger charge is 1.93. The molecule has 0 fully saturated rings. The third-order valence-corrected chi connectivity index (χ3v) is 1.18. The molecular formula is C9H12O3. The molecule has 0 atom stereocenters. The lowest BCUT2D eigenvalue weighted by Gasteiger charge is -1.96. The molecule has 1 rings (SSSR count). The minimum absolute atomic E-state index is 0.185. The first-order valence-corrected chi connectivity index (χ1v) is 3.50. The lowest BCUT2D eigenvalue weighted by atomic mass is 10.2. The Morgan fingerprint density at radius 2 is 1.83 bits per heavy atom. The Hall–Kier alpha value is -1.51. The van der Waals surface area contributed by atoms with Gasteiger partial charge in [0.15, 0.2) is 0 Å². The maximum atomic E-state index is 8.93. The van der Waals surface area contributed by atoms with Crippen molar-refractivity contribution in [2.24, 2.45) is 0 Å². The first kappa shape index (κ1) is 10.5. The van der Waals surface area contributed by atoms with E-state index in [0.717, 1.165) is 6.29 Å². The van der Waals surface area contributed by atoms with Crippen molar-refractivity contribution in [3.05, 3.63) is 23.8 Å². The predicted octanol–water partition coefficient (Wildman–Crippen LogP) is 1.61. The average Bonchev–Trinajstić information content (AvgIpc) is 1.99. The van der Waals surface area contributed by atoms with Crippen molar-refractivity contribution in [1.29, 1.82) is 0 Å². The van der Waals surface area contributed by atoms with Gasteiger partial charge in [0.2, 0.25) is 0 Å². The van der Waals surface area contributed by atoms with Crippen molar-refractivity contribution in [2.75, 3.05) is 0 Å². The fourth-order valence-electron chi connectivity index (χ4n) is 0.640. The van der Waals surface area contributed by atoms with E-state index in [-0.39, 0.29) is 11.5 Å². The van der Waals surface area contributed by atoms with Gasteiger partial charge in [0.05, 0.1) is 0 Å². The van der Waals surface area contributed by atoms with Crippen LogP contribution in [0.15, 0.2) is 18.2 Å². The molecule has 0 bridgehead atoms. The van der Waals surface area contributed by atoms with Crippen molar-refractivity contribution in [3.8, 4) is 11.5 Å². The fourth-order valence-corrected chi connectivity index (χ4v) is 0.640. The average molecular weight is 168 g/mol. The number of phenols is 2. The number of hydrogen-bond donors (Lipinski definition) is 2. The molecule has 0 saturated heterocycles. The van der Waals surface area contributed by atoms with Gasteiger partial charge in [-0.15, -0.1) is 0 Å². The number of hydrogen-bond acceptors (Lipinski definition) is 3. The zero-order valence-electron chi connectivity index (χ0n) is 7.11. The SMILES string of the molecule is CC=O.Cc1cc(O)ccc1O. The third-order valence-electron chi connectivity index (χ3n) is 1.18. The summed E-state index contributed by atoms with van der Waals surface area (Å²) >= 11 is 0. The number of benzene rings is 1. The van der Waals surface area contributed by atoms with Gasteiger partial charge in [-0.2, -0.15) is 0 Å². The molecule has 0 saturated carbocycles. The Bertz CT molecular complexity index is 256. The Kier molecular flexibility index (Phi) is 4.53. The molecule has 3 nitrogen and oxygen atoms in total. The van der Waals surface area contributed by atoms with E-state index in [4.69, 9.17) is 15.0 Å². The Morgan fingerprint density at radius 3 is 2.17 bits per heavy atom. The second kappa shape index (κ2) is 5.18. The van der Waals surface area contributed by atoms with E-state index in [0.29, 0.717) is 5.56 Å². The van der Waals surface area contributed by atoms with E-state index in [1.54, 1.807) is 6.92 Å². The lowest BCUT2D eigenvalue weighted by molar-refractivity contribution is -0.106. The van der Waals surface area contributed by atoms with E-state index < -0.39 is 0 Å². The maximum absolute atomic E-state index is 8.93. The lowest BCUT2D eigenvalue weighted by Crippen LogP contribution is -1.71. The van der Waals surface area contributed by atoms with Gasteiger partial charge in [0.1, 0.15) is 17.8 Å². The topological polar surface area (TPSA) is 57.5 Å². The van der Waals surface area contributed by atoms with Crippen molar-refractivity contribution >= 4 is 6.29 Å². The summed E-state index contributed by atoms with van der Waals surface area (Å²) < 4.78 is 0. The number of rotatable bonds is 0. The molecular weight excluding hydrogens is 156 g/mol. The highest BCUT2D eigenvalue weighted by molar-refractivity contribution is 5.44. The van der Waals surface area contributed by atoms with E-state index in [1.807, 2.05) is 0 Å². The number of aryl methyl sites for hydroxylation is 1. The van der Waals surface area contributed by atoms with Crippen LogP contribution in [0, 0.1) is 6.92 Å².